The van der Waals surface area contributed by atoms with Crippen molar-refractivity contribution in [3.8, 4) is 0 Å². The van der Waals surface area contributed by atoms with E-state index in [9.17, 15) is 0 Å². The molecule has 0 aromatic rings. The second-order valence-electron chi connectivity index (χ2n) is 4.16. The third-order valence-corrected chi connectivity index (χ3v) is 3.34. The minimum absolute atomic E-state index is 0.763. The number of piperidine rings is 1. The van der Waals surface area contributed by atoms with Crippen molar-refractivity contribution in [2.45, 2.75) is 44.7 Å². The van der Waals surface area contributed by atoms with E-state index in [1.54, 1.807) is 0 Å². The fraction of sp³-hybridized carbons (Fsp3) is 1.00. The molecular weight excluding hydrogens is 148 g/mol. The van der Waals surface area contributed by atoms with Gasteiger partial charge in [-0.1, -0.05) is 13.3 Å². The van der Waals surface area contributed by atoms with Crippen LogP contribution in [-0.4, -0.2) is 36.6 Å². The Bertz CT molecular complexity index is 147. The molecule has 0 bridgehead atoms. The Morgan fingerprint density at radius 3 is 3.17 bits per heavy atom. The second-order valence-corrected chi connectivity index (χ2v) is 4.16. The first kappa shape index (κ1) is 8.52. The normalized spacial score (nSPS) is 37.8. The zero-order valence-electron chi connectivity index (χ0n) is 8.05. The van der Waals surface area contributed by atoms with Gasteiger partial charge in [0.25, 0.3) is 0 Å². The van der Waals surface area contributed by atoms with E-state index < -0.39 is 0 Å². The van der Waals surface area contributed by atoms with Gasteiger partial charge in [0.05, 0.1) is 0 Å². The van der Waals surface area contributed by atoms with E-state index in [1.807, 2.05) is 0 Å². The highest BCUT2D eigenvalue weighted by atomic mass is 15.2. The smallest absolute Gasteiger partial charge is 0.0221 e. The molecule has 2 aliphatic rings. The van der Waals surface area contributed by atoms with Crippen LogP contribution in [0.2, 0.25) is 0 Å². The molecule has 2 atom stereocenters. The summed E-state index contributed by atoms with van der Waals surface area (Å²) in [6.45, 7) is 6.16. The van der Waals surface area contributed by atoms with Gasteiger partial charge in [-0.05, 0) is 25.8 Å². The number of hydrogen-bond donors (Lipinski definition) is 1. The minimum Gasteiger partial charge on any atom is -0.311 e. The summed E-state index contributed by atoms with van der Waals surface area (Å²) in [5, 5.41) is 3.63. The molecule has 0 aromatic carbocycles. The molecule has 2 saturated heterocycles. The van der Waals surface area contributed by atoms with Crippen LogP contribution in [0.3, 0.4) is 0 Å². The van der Waals surface area contributed by atoms with Crippen LogP contribution in [0.25, 0.3) is 0 Å². The number of hydrogen-bond acceptors (Lipinski definition) is 2. The van der Waals surface area contributed by atoms with E-state index in [0.717, 1.165) is 12.1 Å². The van der Waals surface area contributed by atoms with E-state index in [-0.39, 0.29) is 0 Å². The molecule has 2 heteroatoms. The molecule has 2 nitrogen and oxygen atoms in total. The maximum absolute atomic E-state index is 3.63. The lowest BCUT2D eigenvalue weighted by atomic mass is 9.98. The molecular formula is C10H20N2. The first-order valence-electron chi connectivity index (χ1n) is 5.37. The van der Waals surface area contributed by atoms with Crippen LogP contribution >= 0.6 is 0 Å². The second kappa shape index (κ2) is 3.75. The van der Waals surface area contributed by atoms with Gasteiger partial charge in [-0.25, -0.2) is 0 Å². The Hall–Kier alpha value is -0.0800. The van der Waals surface area contributed by atoms with Gasteiger partial charge in [-0.2, -0.15) is 0 Å². The number of nitrogens with one attached hydrogen (secondary N) is 1. The zero-order chi connectivity index (χ0) is 8.39. The maximum atomic E-state index is 3.63. The summed E-state index contributed by atoms with van der Waals surface area (Å²) < 4.78 is 0. The fourth-order valence-electron chi connectivity index (χ4n) is 2.46. The van der Waals surface area contributed by atoms with Gasteiger partial charge in [-0.15, -0.1) is 0 Å². The maximum Gasteiger partial charge on any atom is 0.0221 e. The third-order valence-electron chi connectivity index (χ3n) is 3.34. The van der Waals surface area contributed by atoms with Crippen LogP contribution in [0.5, 0.6) is 0 Å². The summed E-state index contributed by atoms with van der Waals surface area (Å²) in [7, 11) is 0. The Labute approximate surface area is 75.3 Å². The Kier molecular flexibility index (Phi) is 2.66. The summed E-state index contributed by atoms with van der Waals surface area (Å²) >= 11 is 0. The van der Waals surface area contributed by atoms with Gasteiger partial charge >= 0.3 is 0 Å². The molecule has 0 aliphatic carbocycles. The Morgan fingerprint density at radius 2 is 2.33 bits per heavy atom. The van der Waals surface area contributed by atoms with E-state index in [2.05, 4.69) is 17.1 Å². The van der Waals surface area contributed by atoms with Crippen molar-refractivity contribution in [1.29, 1.82) is 0 Å². The van der Waals surface area contributed by atoms with Crippen molar-refractivity contribution in [2.75, 3.05) is 19.6 Å². The molecule has 2 heterocycles. The lowest BCUT2D eigenvalue weighted by Crippen LogP contribution is -2.57. The summed E-state index contributed by atoms with van der Waals surface area (Å²) in [5.74, 6) is 0. The van der Waals surface area contributed by atoms with Crippen molar-refractivity contribution < 1.29 is 0 Å². The van der Waals surface area contributed by atoms with E-state index in [0.29, 0.717) is 0 Å². The molecule has 1 N–H and O–H groups in total. The van der Waals surface area contributed by atoms with Crippen LogP contribution in [0.4, 0.5) is 0 Å². The summed E-state index contributed by atoms with van der Waals surface area (Å²) in [4.78, 5) is 2.69. The highest BCUT2D eigenvalue weighted by Crippen LogP contribution is 2.19. The molecule has 0 spiro atoms. The highest BCUT2D eigenvalue weighted by molar-refractivity contribution is 4.87. The van der Waals surface area contributed by atoms with Crippen LogP contribution in [0.1, 0.15) is 32.6 Å². The number of nitrogens with zero attached hydrogens (tertiary/aromatic N) is 1. The SMILES string of the molecule is CC[C@@H]1CN2CCCC[C@@H]2CN1. The van der Waals surface area contributed by atoms with Crippen LogP contribution < -0.4 is 5.32 Å². The number of rotatable bonds is 1. The first-order chi connectivity index (χ1) is 5.90. The molecule has 12 heavy (non-hydrogen) atoms. The molecule has 2 rings (SSSR count). The van der Waals surface area contributed by atoms with Crippen molar-refractivity contribution in [1.82, 2.24) is 10.2 Å². The van der Waals surface area contributed by atoms with E-state index in [4.69, 9.17) is 0 Å². The number of fused-ring (bicyclic) bond motifs is 1. The van der Waals surface area contributed by atoms with Crippen LogP contribution in [-0.2, 0) is 0 Å². The van der Waals surface area contributed by atoms with E-state index >= 15 is 0 Å². The first-order valence-corrected chi connectivity index (χ1v) is 5.37. The summed E-state index contributed by atoms with van der Waals surface area (Å²) in [5.41, 5.74) is 0. The molecule has 0 unspecified atom stereocenters. The van der Waals surface area contributed by atoms with Gasteiger partial charge in [0.2, 0.25) is 0 Å². The van der Waals surface area contributed by atoms with Crippen molar-refractivity contribution in [3.05, 3.63) is 0 Å². The monoisotopic (exact) mass is 168 g/mol. The van der Waals surface area contributed by atoms with Crippen LogP contribution in [0, 0.1) is 0 Å². The lowest BCUT2D eigenvalue weighted by molar-refractivity contribution is 0.0940. The van der Waals surface area contributed by atoms with Gasteiger partial charge in [0, 0.05) is 25.2 Å². The van der Waals surface area contributed by atoms with Crippen LogP contribution in [0.15, 0.2) is 0 Å². The largest absolute Gasteiger partial charge is 0.311 e. The highest BCUT2D eigenvalue weighted by Gasteiger charge is 2.28. The lowest BCUT2D eigenvalue weighted by Gasteiger charge is -2.43. The quantitative estimate of drug-likeness (QED) is 0.633. The molecule has 0 aromatic heterocycles. The predicted molar refractivity (Wildman–Crippen MR) is 51.3 cm³/mol. The minimum atomic E-state index is 0.763. The Balaban J connectivity index is 1.90. The molecule has 0 radical (unpaired) electrons. The molecule has 2 fully saturated rings. The van der Waals surface area contributed by atoms with Gasteiger partial charge in [0.1, 0.15) is 0 Å². The van der Waals surface area contributed by atoms with Crippen molar-refractivity contribution in [2.24, 2.45) is 0 Å². The number of piperazine rings is 1. The zero-order valence-corrected chi connectivity index (χ0v) is 8.05. The van der Waals surface area contributed by atoms with Gasteiger partial charge in [-0.3, -0.25) is 4.90 Å². The Morgan fingerprint density at radius 1 is 1.42 bits per heavy atom. The summed E-state index contributed by atoms with van der Waals surface area (Å²) in [6.07, 6.45) is 5.57. The van der Waals surface area contributed by atoms with Gasteiger partial charge in [0.15, 0.2) is 0 Å². The van der Waals surface area contributed by atoms with Crippen molar-refractivity contribution >= 4 is 0 Å². The van der Waals surface area contributed by atoms with Crippen molar-refractivity contribution in [3.63, 3.8) is 0 Å². The standard InChI is InChI=1S/C10H20N2/c1-2-9-8-12-6-4-3-5-10(12)7-11-9/h9-11H,2-8H2,1H3/t9-,10-/m1/s1. The summed E-state index contributed by atoms with van der Waals surface area (Å²) in [6, 6.07) is 1.63. The predicted octanol–water partition coefficient (Wildman–Crippen LogP) is 1.22. The molecule has 70 valence electrons. The molecule has 2 aliphatic heterocycles. The molecule has 0 amide bonds. The fourth-order valence-corrected chi connectivity index (χ4v) is 2.46. The third kappa shape index (κ3) is 1.64. The average Bonchev–Trinajstić information content (AvgIpc) is 2.17. The van der Waals surface area contributed by atoms with E-state index in [1.165, 1.54) is 45.3 Å². The average molecular weight is 168 g/mol. The molecule has 0 saturated carbocycles. The topological polar surface area (TPSA) is 15.3 Å². The van der Waals surface area contributed by atoms with Gasteiger partial charge < -0.3 is 5.32 Å².